The van der Waals surface area contributed by atoms with Crippen LogP contribution in [-0.2, 0) is 20.8 Å². The quantitative estimate of drug-likeness (QED) is 0.455. The van der Waals surface area contributed by atoms with Crippen molar-refractivity contribution in [2.24, 2.45) is 5.92 Å². The molecule has 180 valence electrons. The number of rotatable bonds is 8. The average molecular weight is 509 g/mol. The molecule has 1 heterocycles. The Bertz CT molecular complexity index is 1110. The molecule has 2 atom stereocenters. The molecule has 2 aromatic carbocycles. The second kappa shape index (κ2) is 13.1. The summed E-state index contributed by atoms with van der Waals surface area (Å²) < 4.78 is 5.36. The van der Waals surface area contributed by atoms with E-state index in [4.69, 9.17) is 16.3 Å². The third kappa shape index (κ3) is 7.30. The van der Waals surface area contributed by atoms with Gasteiger partial charge in [0.2, 0.25) is 17.7 Å². The molecule has 0 aliphatic carbocycles. The molecule has 3 amide bonds. The van der Waals surface area contributed by atoms with Crippen LogP contribution in [0.1, 0.15) is 47.2 Å². The van der Waals surface area contributed by atoms with E-state index < -0.39 is 29.6 Å². The number of nitrogens with zero attached hydrogens (tertiary/aromatic N) is 1. The first-order chi connectivity index (χ1) is 16.2. The number of nitrogens with one attached hydrogen (secondary N) is 1. The smallest absolute Gasteiger partial charge is 0.545 e. The predicted molar refractivity (Wildman–Crippen MR) is 123 cm³/mol. The van der Waals surface area contributed by atoms with Crippen LogP contribution in [-0.4, -0.2) is 48.8 Å². The summed E-state index contributed by atoms with van der Waals surface area (Å²) in [6.45, 7) is 1.59. The van der Waals surface area contributed by atoms with Gasteiger partial charge in [0.15, 0.2) is 0 Å². The number of carboxylic acid groups (broad SMARTS) is 1. The standard InChI is InChI=1S/C25H27ClN2O6.Na/c1-3-15(16-5-4-6-17(9-16)25(32)33)12-23(30)28-14-22(29)27-13-19(24(28)31)10-18-11-20(26)7-8-21(18)34-2;/h4-9,11,15,19H,3,10,12-14H2,1-2H3,(H,27,29)(H,32,33);/q;+1/p-1/t15-,19?;/m0./s1. The molecule has 8 nitrogen and oxygen atoms in total. The first kappa shape index (κ1) is 28.8. The predicted octanol–water partition coefficient (Wildman–Crippen LogP) is -1.06. The van der Waals surface area contributed by atoms with E-state index in [-0.39, 0.29) is 67.0 Å². The fourth-order valence-electron chi connectivity index (χ4n) is 4.10. The summed E-state index contributed by atoms with van der Waals surface area (Å²) in [6, 6.07) is 11.3. The first-order valence-corrected chi connectivity index (χ1v) is 11.4. The number of imide groups is 1. The monoisotopic (exact) mass is 508 g/mol. The van der Waals surface area contributed by atoms with Gasteiger partial charge in [-0.1, -0.05) is 36.7 Å². The summed E-state index contributed by atoms with van der Waals surface area (Å²) in [5, 5.41) is 14.4. The van der Waals surface area contributed by atoms with E-state index in [2.05, 4.69) is 5.32 Å². The minimum atomic E-state index is -1.30. The normalized spacial score (nSPS) is 16.5. The van der Waals surface area contributed by atoms with Crippen LogP contribution in [0, 0.1) is 5.92 Å². The molecule has 1 N–H and O–H groups in total. The molecule has 1 fully saturated rings. The molecule has 0 spiro atoms. The van der Waals surface area contributed by atoms with Gasteiger partial charge in [0.25, 0.3) is 0 Å². The zero-order valence-corrected chi connectivity index (χ0v) is 22.8. The van der Waals surface area contributed by atoms with Crippen molar-refractivity contribution < 1.29 is 58.6 Å². The number of hydrogen-bond acceptors (Lipinski definition) is 6. The van der Waals surface area contributed by atoms with Gasteiger partial charge in [0.05, 0.1) is 19.0 Å². The summed E-state index contributed by atoms with van der Waals surface area (Å²) in [7, 11) is 1.51. The number of halogens is 1. The number of hydrogen-bond donors (Lipinski definition) is 1. The third-order valence-electron chi connectivity index (χ3n) is 5.98. The van der Waals surface area contributed by atoms with Crippen molar-refractivity contribution in [1.82, 2.24) is 10.2 Å². The third-order valence-corrected chi connectivity index (χ3v) is 6.22. The molecule has 0 radical (unpaired) electrons. The molecule has 1 saturated heterocycles. The second-order valence-electron chi connectivity index (χ2n) is 8.20. The van der Waals surface area contributed by atoms with Crippen LogP contribution in [0.5, 0.6) is 5.75 Å². The second-order valence-corrected chi connectivity index (χ2v) is 8.64. The van der Waals surface area contributed by atoms with E-state index in [0.717, 1.165) is 4.90 Å². The largest absolute Gasteiger partial charge is 1.00 e. The van der Waals surface area contributed by atoms with E-state index >= 15 is 0 Å². The maximum Gasteiger partial charge on any atom is 1.00 e. The van der Waals surface area contributed by atoms with Gasteiger partial charge in [-0.3, -0.25) is 19.3 Å². The Morgan fingerprint density at radius 3 is 2.63 bits per heavy atom. The molecule has 0 aromatic heterocycles. The van der Waals surface area contributed by atoms with Crippen LogP contribution in [0.15, 0.2) is 42.5 Å². The summed E-state index contributed by atoms with van der Waals surface area (Å²) in [5.74, 6) is -3.11. The van der Waals surface area contributed by atoms with Gasteiger partial charge in [0.1, 0.15) is 12.3 Å². The molecule has 1 aliphatic rings. The number of carboxylic acids is 1. The van der Waals surface area contributed by atoms with Crippen molar-refractivity contribution in [2.45, 2.75) is 32.1 Å². The topological polar surface area (TPSA) is 116 Å². The van der Waals surface area contributed by atoms with E-state index in [1.54, 1.807) is 30.3 Å². The minimum Gasteiger partial charge on any atom is -0.545 e. The minimum absolute atomic E-state index is 0. The van der Waals surface area contributed by atoms with Crippen molar-refractivity contribution in [3.05, 3.63) is 64.2 Å². The van der Waals surface area contributed by atoms with Crippen molar-refractivity contribution in [3.63, 3.8) is 0 Å². The van der Waals surface area contributed by atoms with Crippen molar-refractivity contribution in [2.75, 3.05) is 20.2 Å². The molecule has 0 saturated carbocycles. The first-order valence-electron chi connectivity index (χ1n) is 11.0. The Labute approximate surface area is 231 Å². The van der Waals surface area contributed by atoms with Crippen LogP contribution < -0.4 is 44.7 Å². The molecule has 1 aliphatic heterocycles. The van der Waals surface area contributed by atoms with Crippen LogP contribution in [0.25, 0.3) is 0 Å². The maximum atomic E-state index is 13.3. The Kier molecular flexibility index (Phi) is 10.8. The number of carbonyl (C=O) groups excluding carboxylic acids is 4. The van der Waals surface area contributed by atoms with Crippen LogP contribution in [0.3, 0.4) is 0 Å². The molecule has 35 heavy (non-hydrogen) atoms. The number of ether oxygens (including phenoxy) is 1. The fourth-order valence-corrected chi connectivity index (χ4v) is 4.30. The van der Waals surface area contributed by atoms with Gasteiger partial charge >= 0.3 is 29.6 Å². The van der Waals surface area contributed by atoms with E-state index in [1.165, 1.54) is 19.2 Å². The molecule has 3 rings (SSSR count). The van der Waals surface area contributed by atoms with E-state index in [0.29, 0.717) is 28.3 Å². The Morgan fingerprint density at radius 1 is 1.23 bits per heavy atom. The van der Waals surface area contributed by atoms with Crippen molar-refractivity contribution in [3.8, 4) is 5.75 Å². The summed E-state index contributed by atoms with van der Waals surface area (Å²) in [4.78, 5) is 51.0. The van der Waals surface area contributed by atoms with Crippen LogP contribution in [0.2, 0.25) is 5.02 Å². The van der Waals surface area contributed by atoms with E-state index in [1.807, 2.05) is 6.92 Å². The summed E-state index contributed by atoms with van der Waals surface area (Å²) >= 11 is 6.11. The molecular formula is C25H26ClN2NaO6. The Hall–Kier alpha value is -2.39. The van der Waals surface area contributed by atoms with Gasteiger partial charge in [0, 0.05) is 18.0 Å². The van der Waals surface area contributed by atoms with Gasteiger partial charge in [-0.25, -0.2) is 0 Å². The molecule has 10 heteroatoms. The molecule has 2 aromatic rings. The molecular weight excluding hydrogens is 483 g/mol. The van der Waals surface area contributed by atoms with Crippen LogP contribution in [0.4, 0.5) is 0 Å². The van der Waals surface area contributed by atoms with Crippen molar-refractivity contribution in [1.29, 1.82) is 0 Å². The zero-order chi connectivity index (χ0) is 24.8. The van der Waals surface area contributed by atoms with Gasteiger partial charge < -0.3 is 20.0 Å². The van der Waals surface area contributed by atoms with Gasteiger partial charge in [-0.15, -0.1) is 0 Å². The molecule has 1 unspecified atom stereocenters. The SMILES string of the molecule is CC[C@@H](CC(=O)N1CC(=O)NCC(Cc2cc(Cl)ccc2OC)C1=O)c1cccc(C(=O)[O-])c1.[Na+]. The number of amides is 3. The van der Waals surface area contributed by atoms with Gasteiger partial charge in [-0.05, 0) is 59.7 Å². The Morgan fingerprint density at radius 2 is 1.97 bits per heavy atom. The molecule has 0 bridgehead atoms. The number of methoxy groups -OCH3 is 1. The summed E-state index contributed by atoms with van der Waals surface area (Å²) in [6.07, 6.45) is 0.732. The average Bonchev–Trinajstić information content (AvgIpc) is 2.96. The maximum absolute atomic E-state index is 13.3. The van der Waals surface area contributed by atoms with E-state index in [9.17, 15) is 24.3 Å². The summed E-state index contributed by atoms with van der Waals surface area (Å²) in [5.41, 5.74) is 1.37. The number of carbonyl (C=O) groups is 4. The number of benzene rings is 2. The van der Waals surface area contributed by atoms with Crippen molar-refractivity contribution >= 4 is 35.3 Å². The van der Waals surface area contributed by atoms with Gasteiger partial charge in [-0.2, -0.15) is 0 Å². The van der Waals surface area contributed by atoms with Crippen LogP contribution >= 0.6 is 11.6 Å². The number of aromatic carboxylic acids is 1. The fraction of sp³-hybridized carbons (Fsp3) is 0.360. The zero-order valence-electron chi connectivity index (χ0n) is 20.0. The Balaban J connectivity index is 0.00000432.